The molecule has 0 aliphatic carbocycles. The van der Waals surface area contributed by atoms with Crippen molar-refractivity contribution in [1.29, 1.82) is 0 Å². The molecule has 0 unspecified atom stereocenters. The molecule has 0 aliphatic rings. The van der Waals surface area contributed by atoms with Gasteiger partial charge in [-0.2, -0.15) is 5.10 Å². The quantitative estimate of drug-likeness (QED) is 0.555. The minimum absolute atomic E-state index is 0.109. The minimum atomic E-state index is -0.350. The number of nitrogens with one attached hydrogen (secondary N) is 3. The van der Waals surface area contributed by atoms with Crippen molar-refractivity contribution < 1.29 is 13.9 Å². The van der Waals surface area contributed by atoms with Gasteiger partial charge in [-0.05, 0) is 18.2 Å². The van der Waals surface area contributed by atoms with Crippen molar-refractivity contribution in [3.8, 4) is 0 Å². The molecular formula is C15H17FN6O3. The monoisotopic (exact) mass is 348 g/mol. The molecule has 0 radical (unpaired) electrons. The molecule has 1 amide bonds. The van der Waals surface area contributed by atoms with Crippen LogP contribution in [-0.2, 0) is 29.6 Å². The van der Waals surface area contributed by atoms with E-state index in [9.17, 15) is 14.0 Å². The molecule has 3 aromatic rings. The third kappa shape index (κ3) is 4.10. The van der Waals surface area contributed by atoms with Crippen molar-refractivity contribution in [1.82, 2.24) is 30.0 Å². The molecule has 10 heteroatoms. The van der Waals surface area contributed by atoms with Gasteiger partial charge in [0.25, 0.3) is 0 Å². The van der Waals surface area contributed by atoms with E-state index in [2.05, 4.69) is 25.5 Å². The van der Waals surface area contributed by atoms with Crippen LogP contribution in [-0.4, -0.2) is 43.8 Å². The van der Waals surface area contributed by atoms with E-state index in [1.165, 1.54) is 16.7 Å². The second-order valence-corrected chi connectivity index (χ2v) is 5.44. The van der Waals surface area contributed by atoms with Crippen LogP contribution in [0.4, 0.5) is 4.39 Å². The third-order valence-corrected chi connectivity index (χ3v) is 3.61. The number of ether oxygens (including phenoxy) is 1. The number of rotatable bonds is 7. The van der Waals surface area contributed by atoms with Gasteiger partial charge in [0, 0.05) is 20.0 Å². The van der Waals surface area contributed by atoms with E-state index in [0.717, 1.165) is 0 Å². The highest BCUT2D eigenvalue weighted by Gasteiger charge is 2.07. The first-order chi connectivity index (χ1) is 12.0. The van der Waals surface area contributed by atoms with Crippen LogP contribution in [0.5, 0.6) is 0 Å². The van der Waals surface area contributed by atoms with Crippen LogP contribution >= 0.6 is 0 Å². The molecule has 3 rings (SSSR count). The van der Waals surface area contributed by atoms with Gasteiger partial charge in [-0.1, -0.05) is 0 Å². The predicted octanol–water partition coefficient (Wildman–Crippen LogP) is -0.000700. The first-order valence-corrected chi connectivity index (χ1v) is 7.62. The number of aromatic nitrogens is 5. The van der Waals surface area contributed by atoms with Gasteiger partial charge in [0.15, 0.2) is 0 Å². The fourth-order valence-corrected chi connectivity index (χ4v) is 2.31. The van der Waals surface area contributed by atoms with E-state index in [-0.39, 0.29) is 30.6 Å². The van der Waals surface area contributed by atoms with E-state index in [1.54, 1.807) is 13.1 Å². The Hall–Kier alpha value is -3.01. The van der Waals surface area contributed by atoms with Gasteiger partial charge in [-0.15, -0.1) is 0 Å². The van der Waals surface area contributed by atoms with Crippen LogP contribution in [0.15, 0.2) is 23.0 Å². The zero-order chi connectivity index (χ0) is 17.8. The molecule has 25 heavy (non-hydrogen) atoms. The summed E-state index contributed by atoms with van der Waals surface area (Å²) in [6.45, 7) is 0.312. The summed E-state index contributed by atoms with van der Waals surface area (Å²) in [5.41, 5.74) is 0.914. The number of hydrogen-bond donors (Lipinski definition) is 3. The molecule has 0 saturated carbocycles. The Bertz CT molecular complexity index is 944. The lowest BCUT2D eigenvalue weighted by molar-refractivity contribution is -0.126. The second kappa shape index (κ2) is 7.26. The maximum absolute atomic E-state index is 13.1. The van der Waals surface area contributed by atoms with Crippen LogP contribution in [0.2, 0.25) is 0 Å². The molecular weight excluding hydrogens is 331 g/mol. The largest absolute Gasteiger partial charge is 0.364 e. The van der Waals surface area contributed by atoms with Gasteiger partial charge in [0.05, 0.1) is 11.0 Å². The molecule has 0 aliphatic heterocycles. The van der Waals surface area contributed by atoms with E-state index in [4.69, 9.17) is 4.74 Å². The highest BCUT2D eigenvalue weighted by molar-refractivity contribution is 5.77. The Morgan fingerprint density at radius 2 is 2.28 bits per heavy atom. The molecule has 0 atom stereocenters. The van der Waals surface area contributed by atoms with E-state index in [0.29, 0.717) is 35.6 Å². The molecule has 9 nitrogen and oxygen atoms in total. The fraction of sp³-hybridized carbons (Fsp3) is 0.333. The van der Waals surface area contributed by atoms with Crippen molar-refractivity contribution in [2.45, 2.75) is 13.0 Å². The number of aromatic amines is 2. The molecule has 3 N–H and O–H groups in total. The molecule has 0 fully saturated rings. The number of benzene rings is 1. The Morgan fingerprint density at radius 1 is 1.44 bits per heavy atom. The highest BCUT2D eigenvalue weighted by atomic mass is 19.1. The Kier molecular flexibility index (Phi) is 4.89. The maximum Gasteiger partial charge on any atom is 0.343 e. The molecule has 0 saturated heterocycles. The molecule has 0 bridgehead atoms. The average molecular weight is 348 g/mol. The first kappa shape index (κ1) is 16.8. The fourth-order valence-electron chi connectivity index (χ4n) is 2.31. The number of halogens is 1. The summed E-state index contributed by atoms with van der Waals surface area (Å²) in [7, 11) is 1.60. The zero-order valence-corrected chi connectivity index (χ0v) is 13.5. The van der Waals surface area contributed by atoms with E-state index < -0.39 is 0 Å². The minimum Gasteiger partial charge on any atom is -0.364 e. The highest BCUT2D eigenvalue weighted by Crippen LogP contribution is 2.13. The van der Waals surface area contributed by atoms with E-state index in [1.807, 2.05) is 0 Å². The van der Waals surface area contributed by atoms with Gasteiger partial charge in [0.2, 0.25) is 5.91 Å². The van der Waals surface area contributed by atoms with Crippen LogP contribution in [0, 0.1) is 5.82 Å². The summed E-state index contributed by atoms with van der Waals surface area (Å²) in [6, 6.07) is 4.25. The lowest BCUT2D eigenvalue weighted by Crippen LogP contribution is -2.30. The topological polar surface area (TPSA) is 118 Å². The van der Waals surface area contributed by atoms with E-state index >= 15 is 0 Å². The lowest BCUT2D eigenvalue weighted by Gasteiger charge is -2.05. The summed E-state index contributed by atoms with van der Waals surface area (Å²) < 4.78 is 19.8. The standard InChI is InChI=1S/C15H17FN6O3/c1-22-13(20-21-15(22)24)4-5-17-14(23)8-25-7-12-18-10-3-2-9(16)6-11(10)19-12/h2-3,6H,4-5,7-8H2,1H3,(H,17,23)(H,18,19)(H,21,24). The summed E-state index contributed by atoms with van der Waals surface area (Å²) in [5.74, 6) is 0.431. The van der Waals surface area contributed by atoms with Crippen LogP contribution < -0.4 is 11.0 Å². The molecule has 1 aromatic carbocycles. The van der Waals surface area contributed by atoms with Crippen molar-refractivity contribution in [3.05, 3.63) is 46.1 Å². The predicted molar refractivity (Wildman–Crippen MR) is 86.3 cm³/mol. The number of imidazole rings is 1. The number of nitrogens with zero attached hydrogens (tertiary/aromatic N) is 3. The summed E-state index contributed by atoms with van der Waals surface area (Å²) in [5, 5.41) is 8.85. The van der Waals surface area contributed by atoms with Gasteiger partial charge >= 0.3 is 5.69 Å². The molecule has 0 spiro atoms. The average Bonchev–Trinajstić information content (AvgIpc) is 3.12. The Balaban J connectivity index is 1.41. The Labute approximate surface area is 141 Å². The molecule has 2 aromatic heterocycles. The first-order valence-electron chi connectivity index (χ1n) is 7.62. The summed E-state index contributed by atoms with van der Waals surface area (Å²) in [6.07, 6.45) is 0.427. The normalized spacial score (nSPS) is 11.1. The summed E-state index contributed by atoms with van der Waals surface area (Å²) >= 11 is 0. The summed E-state index contributed by atoms with van der Waals surface area (Å²) in [4.78, 5) is 30.1. The van der Waals surface area contributed by atoms with Crippen molar-refractivity contribution in [3.63, 3.8) is 0 Å². The number of hydrogen-bond acceptors (Lipinski definition) is 5. The third-order valence-electron chi connectivity index (χ3n) is 3.61. The van der Waals surface area contributed by atoms with Gasteiger partial charge < -0.3 is 15.0 Å². The van der Waals surface area contributed by atoms with Gasteiger partial charge in [-0.25, -0.2) is 19.3 Å². The number of carbonyl (C=O) groups is 1. The van der Waals surface area contributed by atoms with Gasteiger partial charge in [0.1, 0.15) is 30.7 Å². The van der Waals surface area contributed by atoms with Crippen molar-refractivity contribution in [2.24, 2.45) is 7.05 Å². The van der Waals surface area contributed by atoms with Crippen LogP contribution in [0.3, 0.4) is 0 Å². The van der Waals surface area contributed by atoms with Crippen LogP contribution in [0.25, 0.3) is 11.0 Å². The smallest absolute Gasteiger partial charge is 0.343 e. The van der Waals surface area contributed by atoms with Crippen LogP contribution in [0.1, 0.15) is 11.6 Å². The lowest BCUT2D eigenvalue weighted by atomic mass is 10.3. The van der Waals surface area contributed by atoms with Crippen molar-refractivity contribution >= 4 is 16.9 Å². The van der Waals surface area contributed by atoms with Gasteiger partial charge in [-0.3, -0.25) is 9.36 Å². The molecule has 2 heterocycles. The second-order valence-electron chi connectivity index (χ2n) is 5.44. The zero-order valence-electron chi connectivity index (χ0n) is 13.5. The number of carbonyl (C=O) groups excluding carboxylic acids is 1. The molecule has 132 valence electrons. The van der Waals surface area contributed by atoms with Crippen molar-refractivity contribution in [2.75, 3.05) is 13.2 Å². The number of amides is 1. The Morgan fingerprint density at radius 3 is 3.04 bits per heavy atom. The maximum atomic E-state index is 13.1. The number of fused-ring (bicyclic) bond motifs is 1. The SMILES string of the molecule is Cn1c(CCNC(=O)COCc2nc3ccc(F)cc3[nH]2)n[nH]c1=O. The number of H-pyrrole nitrogens is 2.